The van der Waals surface area contributed by atoms with Crippen molar-refractivity contribution < 1.29 is 22.6 Å². The molecule has 1 heterocycles. The van der Waals surface area contributed by atoms with Gasteiger partial charge in [0.2, 0.25) is 0 Å². The molecule has 5 rings (SSSR count). The molecule has 5 heteroatoms. The first kappa shape index (κ1) is 18.0. The lowest BCUT2D eigenvalue weighted by Gasteiger charge is -2.52. The fraction of sp³-hybridized carbons (Fsp3) is 0.727. The van der Waals surface area contributed by atoms with Gasteiger partial charge in [0.25, 0.3) is 0 Å². The highest BCUT2D eigenvalue weighted by Crippen LogP contribution is 2.56. The van der Waals surface area contributed by atoms with E-state index < -0.39 is 17.5 Å². The Bertz CT molecular complexity index is 693. The lowest BCUT2D eigenvalue weighted by Crippen LogP contribution is -2.47. The Hall–Kier alpha value is -1.07. The smallest absolute Gasteiger partial charge is 0.194 e. The van der Waals surface area contributed by atoms with Crippen LogP contribution in [0.2, 0.25) is 0 Å². The van der Waals surface area contributed by atoms with E-state index in [1.807, 2.05) is 0 Å². The fourth-order valence-corrected chi connectivity index (χ4v) is 6.64. The van der Waals surface area contributed by atoms with Gasteiger partial charge in [-0.15, -0.1) is 0 Å². The lowest BCUT2D eigenvalue weighted by atomic mass is 9.55. The normalized spacial score (nSPS) is 37.8. The fourth-order valence-electron chi connectivity index (χ4n) is 6.64. The number of fused-ring (bicyclic) bond motifs is 3. The van der Waals surface area contributed by atoms with E-state index in [1.165, 1.54) is 25.0 Å². The van der Waals surface area contributed by atoms with Gasteiger partial charge >= 0.3 is 0 Å². The summed E-state index contributed by atoms with van der Waals surface area (Å²) in [6, 6.07) is 2.41. The Morgan fingerprint density at radius 1 is 0.815 bits per heavy atom. The molecule has 1 aliphatic heterocycles. The van der Waals surface area contributed by atoms with Crippen molar-refractivity contribution in [3.8, 4) is 0 Å². The van der Waals surface area contributed by atoms with Crippen molar-refractivity contribution in [2.24, 2.45) is 23.7 Å². The molecule has 2 nitrogen and oxygen atoms in total. The van der Waals surface area contributed by atoms with E-state index >= 15 is 0 Å². The van der Waals surface area contributed by atoms with Crippen LogP contribution in [0.15, 0.2) is 12.1 Å². The van der Waals surface area contributed by atoms with E-state index in [0.29, 0.717) is 23.3 Å². The third-order valence-electron chi connectivity index (χ3n) is 7.83. The van der Waals surface area contributed by atoms with Crippen molar-refractivity contribution in [2.45, 2.75) is 63.1 Å². The van der Waals surface area contributed by atoms with Gasteiger partial charge in [0, 0.05) is 12.8 Å². The maximum Gasteiger partial charge on any atom is 0.194 e. The van der Waals surface area contributed by atoms with E-state index in [-0.39, 0.29) is 11.7 Å². The van der Waals surface area contributed by atoms with E-state index in [4.69, 9.17) is 9.47 Å². The van der Waals surface area contributed by atoms with E-state index in [0.717, 1.165) is 57.7 Å². The monoisotopic (exact) mass is 380 g/mol. The van der Waals surface area contributed by atoms with Gasteiger partial charge in [0.15, 0.2) is 23.2 Å². The summed E-state index contributed by atoms with van der Waals surface area (Å²) in [5, 5.41) is 0. The standard InChI is InChI=1S/C22H27F3O2/c23-19-10-16(11-20(24)21(19)25)13-3-4-17-14(9-13)1-2-15-12-22(6-5-18(15)17)26-7-8-27-22/h10-11,13-15,17-18H,1-9,12H2/t13?,14-,15+,17-,18+/m0/s1. The zero-order valence-electron chi connectivity index (χ0n) is 15.6. The van der Waals surface area contributed by atoms with Crippen molar-refractivity contribution >= 4 is 0 Å². The summed E-state index contributed by atoms with van der Waals surface area (Å²) < 4.78 is 52.5. The van der Waals surface area contributed by atoms with Crippen LogP contribution in [0.1, 0.15) is 62.8 Å². The molecule has 3 aliphatic carbocycles. The summed E-state index contributed by atoms with van der Waals surface area (Å²) >= 11 is 0. The Labute approximate surface area is 158 Å². The summed E-state index contributed by atoms with van der Waals surface area (Å²) in [5.41, 5.74) is 0.627. The lowest BCUT2D eigenvalue weighted by molar-refractivity contribution is -0.205. The summed E-state index contributed by atoms with van der Waals surface area (Å²) in [7, 11) is 0. The quantitative estimate of drug-likeness (QED) is 0.594. The third-order valence-corrected chi connectivity index (χ3v) is 7.83. The van der Waals surface area contributed by atoms with Crippen LogP contribution >= 0.6 is 0 Å². The summed E-state index contributed by atoms with van der Waals surface area (Å²) in [5.74, 6) is -0.942. The number of benzene rings is 1. The summed E-state index contributed by atoms with van der Waals surface area (Å²) in [6.07, 6.45) is 8.56. The maximum atomic E-state index is 13.7. The average Bonchev–Trinajstić information content (AvgIpc) is 3.12. The second-order valence-corrected chi connectivity index (χ2v) is 9.08. The van der Waals surface area contributed by atoms with E-state index in [9.17, 15) is 13.2 Å². The Balaban J connectivity index is 1.29. The van der Waals surface area contributed by atoms with Crippen LogP contribution in [-0.2, 0) is 9.47 Å². The van der Waals surface area contributed by atoms with Crippen molar-refractivity contribution in [1.29, 1.82) is 0 Å². The molecule has 0 bridgehead atoms. The van der Waals surface area contributed by atoms with E-state index in [1.54, 1.807) is 0 Å². The molecule has 4 fully saturated rings. The Kier molecular flexibility index (Phi) is 4.51. The minimum absolute atomic E-state index is 0.142. The largest absolute Gasteiger partial charge is 0.348 e. The number of rotatable bonds is 1. The molecule has 1 saturated heterocycles. The third kappa shape index (κ3) is 3.11. The van der Waals surface area contributed by atoms with Crippen molar-refractivity contribution in [3.63, 3.8) is 0 Å². The first-order chi connectivity index (χ1) is 13.0. The second kappa shape index (κ2) is 6.77. The summed E-state index contributed by atoms with van der Waals surface area (Å²) in [6.45, 7) is 1.44. The molecule has 0 radical (unpaired) electrons. The van der Waals surface area contributed by atoms with Crippen LogP contribution in [0.5, 0.6) is 0 Å². The van der Waals surface area contributed by atoms with Gasteiger partial charge in [-0.25, -0.2) is 13.2 Å². The highest BCUT2D eigenvalue weighted by atomic mass is 19.2. The van der Waals surface area contributed by atoms with Crippen LogP contribution in [0.25, 0.3) is 0 Å². The van der Waals surface area contributed by atoms with Gasteiger partial charge in [-0.3, -0.25) is 0 Å². The molecule has 1 unspecified atom stereocenters. The minimum Gasteiger partial charge on any atom is -0.348 e. The van der Waals surface area contributed by atoms with Crippen molar-refractivity contribution in [2.75, 3.05) is 13.2 Å². The molecule has 5 atom stereocenters. The number of halogens is 3. The average molecular weight is 380 g/mol. The van der Waals surface area contributed by atoms with Crippen molar-refractivity contribution in [1.82, 2.24) is 0 Å². The van der Waals surface area contributed by atoms with Gasteiger partial charge in [0.1, 0.15) is 0 Å². The predicted octanol–water partition coefficient (Wildman–Crippen LogP) is 5.56. The molecular formula is C22H27F3O2. The van der Waals surface area contributed by atoms with Gasteiger partial charge in [0.05, 0.1) is 13.2 Å². The molecule has 1 aromatic rings. The molecule has 3 saturated carbocycles. The molecule has 4 aliphatic rings. The van der Waals surface area contributed by atoms with Crippen LogP contribution in [-0.4, -0.2) is 19.0 Å². The van der Waals surface area contributed by atoms with Crippen LogP contribution in [0.3, 0.4) is 0 Å². The number of hydrogen-bond donors (Lipinski definition) is 0. The highest BCUT2D eigenvalue weighted by Gasteiger charge is 2.50. The minimum atomic E-state index is -1.36. The van der Waals surface area contributed by atoms with E-state index in [2.05, 4.69) is 0 Å². The predicted molar refractivity (Wildman–Crippen MR) is 94.6 cm³/mol. The SMILES string of the molecule is Fc1cc(C2CC[C@H]3[C@@H](CC[C@@H]4CC5(CC[C@H]43)OCCO5)C2)cc(F)c1F. The zero-order valence-corrected chi connectivity index (χ0v) is 15.6. The molecule has 1 spiro atoms. The first-order valence-corrected chi connectivity index (χ1v) is 10.5. The Morgan fingerprint density at radius 2 is 1.48 bits per heavy atom. The molecule has 148 valence electrons. The second-order valence-electron chi connectivity index (χ2n) is 9.08. The number of ether oxygens (including phenoxy) is 2. The molecule has 0 N–H and O–H groups in total. The van der Waals surface area contributed by atoms with Gasteiger partial charge in [-0.05, 0) is 85.8 Å². The highest BCUT2D eigenvalue weighted by molar-refractivity contribution is 5.24. The maximum absolute atomic E-state index is 13.7. The molecule has 0 aromatic heterocycles. The molecule has 1 aromatic carbocycles. The summed E-state index contributed by atoms with van der Waals surface area (Å²) in [4.78, 5) is 0. The first-order valence-electron chi connectivity index (χ1n) is 10.5. The van der Waals surface area contributed by atoms with Gasteiger partial charge in [-0.2, -0.15) is 0 Å². The van der Waals surface area contributed by atoms with Gasteiger partial charge in [-0.1, -0.05) is 0 Å². The number of hydrogen-bond acceptors (Lipinski definition) is 2. The van der Waals surface area contributed by atoms with Crippen LogP contribution in [0.4, 0.5) is 13.2 Å². The Morgan fingerprint density at radius 3 is 2.22 bits per heavy atom. The molecular weight excluding hydrogens is 353 g/mol. The molecule has 0 amide bonds. The molecule has 27 heavy (non-hydrogen) atoms. The van der Waals surface area contributed by atoms with Gasteiger partial charge < -0.3 is 9.47 Å². The zero-order chi connectivity index (χ0) is 18.6. The van der Waals surface area contributed by atoms with Crippen LogP contribution < -0.4 is 0 Å². The topological polar surface area (TPSA) is 18.5 Å². The van der Waals surface area contributed by atoms with Crippen molar-refractivity contribution in [3.05, 3.63) is 35.1 Å². The van der Waals surface area contributed by atoms with Crippen LogP contribution in [0, 0.1) is 41.1 Å².